The van der Waals surface area contributed by atoms with Crippen molar-refractivity contribution in [3.8, 4) is 11.3 Å². The van der Waals surface area contributed by atoms with Gasteiger partial charge < -0.3 is 10.3 Å². The topological polar surface area (TPSA) is 75.1 Å². The lowest BCUT2D eigenvalue weighted by Gasteiger charge is -2.26. The van der Waals surface area contributed by atoms with Crippen molar-refractivity contribution in [1.82, 2.24) is 24.7 Å². The third-order valence-electron chi connectivity index (χ3n) is 6.54. The van der Waals surface area contributed by atoms with Gasteiger partial charge >= 0.3 is 0 Å². The van der Waals surface area contributed by atoms with E-state index in [9.17, 15) is 4.79 Å². The summed E-state index contributed by atoms with van der Waals surface area (Å²) < 4.78 is 2.30. The maximum absolute atomic E-state index is 11.6. The van der Waals surface area contributed by atoms with Crippen LogP contribution in [0.25, 0.3) is 27.9 Å². The van der Waals surface area contributed by atoms with E-state index in [0.29, 0.717) is 5.92 Å². The van der Waals surface area contributed by atoms with Crippen LogP contribution in [0, 0.1) is 0 Å². The molecular formula is C25H29N5O. The summed E-state index contributed by atoms with van der Waals surface area (Å²) in [6.07, 6.45) is 10.1. The minimum atomic E-state index is -0.424. The molecule has 2 N–H and O–H groups in total. The van der Waals surface area contributed by atoms with Gasteiger partial charge in [-0.25, -0.2) is 9.97 Å². The fourth-order valence-electron chi connectivity index (χ4n) is 4.99. The predicted molar refractivity (Wildman–Crippen MR) is 123 cm³/mol. The fourth-order valence-corrected chi connectivity index (χ4v) is 4.99. The molecule has 0 bridgehead atoms. The minimum absolute atomic E-state index is 0.0344. The van der Waals surface area contributed by atoms with Crippen LogP contribution in [0.2, 0.25) is 0 Å². The zero-order valence-corrected chi connectivity index (χ0v) is 18.4. The van der Waals surface area contributed by atoms with Crippen LogP contribution in [0.3, 0.4) is 0 Å². The lowest BCUT2D eigenvalue weighted by molar-refractivity contribution is -0.120. The Morgan fingerprint density at radius 2 is 1.84 bits per heavy atom. The Balaban J connectivity index is 1.62. The lowest BCUT2D eigenvalue weighted by Crippen LogP contribution is -2.39. The van der Waals surface area contributed by atoms with Crippen LogP contribution < -0.4 is 5.32 Å². The second-order valence-electron chi connectivity index (χ2n) is 9.23. The summed E-state index contributed by atoms with van der Waals surface area (Å²) in [5.74, 6) is 1.60. The van der Waals surface area contributed by atoms with E-state index in [4.69, 9.17) is 4.98 Å². The van der Waals surface area contributed by atoms with E-state index in [0.717, 1.165) is 39.3 Å². The Labute approximate surface area is 182 Å². The van der Waals surface area contributed by atoms with Crippen LogP contribution in [0.15, 0.2) is 42.7 Å². The minimum Gasteiger partial charge on any atom is -0.347 e. The van der Waals surface area contributed by atoms with Gasteiger partial charge in [0.25, 0.3) is 0 Å². The molecule has 1 saturated carbocycles. The summed E-state index contributed by atoms with van der Waals surface area (Å²) in [6.45, 7) is 5.58. The molecule has 1 amide bonds. The summed E-state index contributed by atoms with van der Waals surface area (Å²) in [4.78, 5) is 24.6. The molecule has 160 valence electrons. The van der Waals surface area contributed by atoms with Crippen LogP contribution in [0.1, 0.15) is 70.2 Å². The van der Waals surface area contributed by atoms with E-state index >= 15 is 0 Å². The molecule has 1 aliphatic rings. The zero-order valence-electron chi connectivity index (χ0n) is 18.4. The van der Waals surface area contributed by atoms with Crippen LogP contribution in [-0.4, -0.2) is 25.3 Å². The summed E-state index contributed by atoms with van der Waals surface area (Å²) in [7, 11) is 0. The highest BCUT2D eigenvalue weighted by Gasteiger charge is 2.25. The van der Waals surface area contributed by atoms with E-state index in [-0.39, 0.29) is 5.91 Å². The number of carbonyl (C=O) groups excluding carboxylic acids is 1. The number of H-pyrrole nitrogens is 1. The maximum Gasteiger partial charge on any atom is 0.217 e. The van der Waals surface area contributed by atoms with Crippen molar-refractivity contribution in [2.45, 2.75) is 64.3 Å². The van der Waals surface area contributed by atoms with Crippen molar-refractivity contribution in [2.24, 2.45) is 0 Å². The number of imidazole rings is 1. The zero-order chi connectivity index (χ0) is 21.6. The van der Waals surface area contributed by atoms with E-state index in [1.165, 1.54) is 32.1 Å². The smallest absolute Gasteiger partial charge is 0.217 e. The molecule has 4 aromatic rings. The number of benzene rings is 1. The Bertz CT molecular complexity index is 1240. The first-order valence-electron chi connectivity index (χ1n) is 11.2. The molecule has 0 spiro atoms. The largest absolute Gasteiger partial charge is 0.347 e. The van der Waals surface area contributed by atoms with Crippen molar-refractivity contribution < 1.29 is 4.79 Å². The first-order valence-corrected chi connectivity index (χ1v) is 11.2. The third-order valence-corrected chi connectivity index (χ3v) is 6.54. The molecule has 1 aromatic carbocycles. The predicted octanol–water partition coefficient (Wildman–Crippen LogP) is 5.30. The molecule has 3 heterocycles. The first kappa shape index (κ1) is 19.8. The van der Waals surface area contributed by atoms with Gasteiger partial charge in [0.2, 0.25) is 5.91 Å². The number of rotatable bonds is 4. The van der Waals surface area contributed by atoms with E-state index in [2.05, 4.69) is 50.0 Å². The molecule has 0 unspecified atom stereocenters. The van der Waals surface area contributed by atoms with Crippen LogP contribution in [0.4, 0.5) is 0 Å². The first-order chi connectivity index (χ1) is 14.9. The molecular weight excluding hydrogens is 386 g/mol. The lowest BCUT2D eigenvalue weighted by atomic mass is 9.89. The maximum atomic E-state index is 11.6. The van der Waals surface area contributed by atoms with E-state index in [1.807, 2.05) is 26.2 Å². The molecule has 1 fully saturated rings. The van der Waals surface area contributed by atoms with Gasteiger partial charge in [0.15, 0.2) is 5.65 Å². The number of fused-ring (bicyclic) bond motifs is 3. The summed E-state index contributed by atoms with van der Waals surface area (Å²) in [5, 5.41) is 3.02. The van der Waals surface area contributed by atoms with E-state index in [1.54, 1.807) is 6.92 Å². The van der Waals surface area contributed by atoms with Crippen LogP contribution in [-0.2, 0) is 10.3 Å². The molecule has 3 aromatic heterocycles. The van der Waals surface area contributed by atoms with Crippen molar-refractivity contribution in [3.63, 3.8) is 0 Å². The van der Waals surface area contributed by atoms with Crippen LogP contribution >= 0.6 is 0 Å². The number of hydrogen-bond donors (Lipinski definition) is 2. The highest BCUT2D eigenvalue weighted by atomic mass is 16.1. The molecule has 0 radical (unpaired) electrons. The molecule has 6 heteroatoms. The Morgan fingerprint density at radius 3 is 2.55 bits per heavy atom. The molecule has 0 atom stereocenters. The van der Waals surface area contributed by atoms with Crippen molar-refractivity contribution in [3.05, 3.63) is 54.1 Å². The van der Waals surface area contributed by atoms with Gasteiger partial charge in [0.05, 0.1) is 28.5 Å². The standard InChI is InChI=1S/C25H29N5O/c1-16(31)29-25(2,3)19-11-9-17(10-12-19)22-21-15-27-23-20(13-14-26-23)30(21)24(28-22)18-7-5-4-6-8-18/h9-15,18,26H,4-8H2,1-3H3,(H,29,31). The van der Waals surface area contributed by atoms with Gasteiger partial charge in [0, 0.05) is 24.6 Å². The summed E-state index contributed by atoms with van der Waals surface area (Å²) in [5.41, 5.74) is 5.70. The average Bonchev–Trinajstić information content (AvgIpc) is 3.38. The van der Waals surface area contributed by atoms with Gasteiger partial charge in [-0.2, -0.15) is 0 Å². The normalized spacial score (nSPS) is 15.6. The summed E-state index contributed by atoms with van der Waals surface area (Å²) >= 11 is 0. The SMILES string of the molecule is CC(=O)NC(C)(C)c1ccc(-c2nc(C3CCCCC3)n3c2cnc2[nH]ccc23)cc1. The number of nitrogens with zero attached hydrogens (tertiary/aromatic N) is 3. The number of carbonyl (C=O) groups is 1. The number of hydrogen-bond acceptors (Lipinski definition) is 3. The monoisotopic (exact) mass is 415 g/mol. The molecule has 1 aliphatic carbocycles. The number of aromatic amines is 1. The van der Waals surface area contributed by atoms with Crippen LogP contribution in [0.5, 0.6) is 0 Å². The van der Waals surface area contributed by atoms with Gasteiger partial charge in [0.1, 0.15) is 5.82 Å². The van der Waals surface area contributed by atoms with Gasteiger partial charge in [-0.1, -0.05) is 43.5 Å². The summed E-state index contributed by atoms with van der Waals surface area (Å²) in [6, 6.07) is 10.5. The Morgan fingerprint density at radius 1 is 1.10 bits per heavy atom. The van der Waals surface area contributed by atoms with Gasteiger partial charge in [-0.3, -0.25) is 9.20 Å². The quantitative estimate of drug-likeness (QED) is 0.475. The van der Waals surface area contributed by atoms with Gasteiger partial charge in [-0.15, -0.1) is 0 Å². The van der Waals surface area contributed by atoms with Crippen molar-refractivity contribution in [2.75, 3.05) is 0 Å². The van der Waals surface area contributed by atoms with Crippen molar-refractivity contribution in [1.29, 1.82) is 0 Å². The second-order valence-corrected chi connectivity index (χ2v) is 9.23. The highest BCUT2D eigenvalue weighted by molar-refractivity contribution is 5.84. The number of nitrogens with one attached hydrogen (secondary N) is 2. The highest BCUT2D eigenvalue weighted by Crippen LogP contribution is 2.37. The number of amides is 1. The molecule has 6 nitrogen and oxygen atoms in total. The second kappa shape index (κ2) is 7.52. The molecule has 0 aliphatic heterocycles. The molecule has 0 saturated heterocycles. The molecule has 31 heavy (non-hydrogen) atoms. The Kier molecular flexibility index (Phi) is 4.80. The Hall–Kier alpha value is -3.15. The third kappa shape index (κ3) is 3.50. The average molecular weight is 416 g/mol. The van der Waals surface area contributed by atoms with Crippen molar-refractivity contribution >= 4 is 22.6 Å². The number of aromatic nitrogens is 4. The fraction of sp³-hybridized carbons (Fsp3) is 0.400. The van der Waals surface area contributed by atoms with E-state index < -0.39 is 5.54 Å². The van der Waals surface area contributed by atoms with Gasteiger partial charge in [-0.05, 0) is 38.3 Å². The molecule has 5 rings (SSSR count).